The van der Waals surface area contributed by atoms with Crippen LogP contribution in [0.2, 0.25) is 0 Å². The highest BCUT2D eigenvalue weighted by atomic mass is 16.5. The summed E-state index contributed by atoms with van der Waals surface area (Å²) in [6.07, 6.45) is 1.22. The molecule has 0 fully saturated rings. The van der Waals surface area contributed by atoms with E-state index in [-0.39, 0.29) is 17.5 Å². The maximum Gasteiger partial charge on any atom is 0.273 e. The van der Waals surface area contributed by atoms with Crippen molar-refractivity contribution in [3.05, 3.63) is 24.0 Å². The van der Waals surface area contributed by atoms with E-state index in [1.54, 1.807) is 13.2 Å². The lowest BCUT2D eigenvalue weighted by atomic mass is 10.3. The number of aromatic hydroxyl groups is 1. The number of hydrogen-bond acceptors (Lipinski definition) is 5. The zero-order valence-corrected chi connectivity index (χ0v) is 9.84. The molecule has 94 valence electrons. The molecule has 0 aliphatic rings. The van der Waals surface area contributed by atoms with E-state index < -0.39 is 5.91 Å². The fraction of sp³-hybridized carbons (Fsp3) is 0.455. The van der Waals surface area contributed by atoms with Crippen LogP contribution in [0.4, 0.5) is 0 Å². The van der Waals surface area contributed by atoms with Gasteiger partial charge in [-0.1, -0.05) is 0 Å². The number of nitrogens with one attached hydrogen (secondary N) is 1. The first-order valence-electron chi connectivity index (χ1n) is 5.13. The van der Waals surface area contributed by atoms with Crippen molar-refractivity contribution in [1.29, 1.82) is 0 Å². The fourth-order valence-corrected chi connectivity index (χ4v) is 1.26. The molecule has 0 aromatic carbocycles. The van der Waals surface area contributed by atoms with Crippen LogP contribution in [-0.4, -0.2) is 49.5 Å². The molecule has 0 aliphatic heterocycles. The molecule has 17 heavy (non-hydrogen) atoms. The van der Waals surface area contributed by atoms with E-state index in [1.165, 1.54) is 19.4 Å². The monoisotopic (exact) mass is 240 g/mol. The fourth-order valence-electron chi connectivity index (χ4n) is 1.26. The van der Waals surface area contributed by atoms with Crippen molar-refractivity contribution in [2.24, 2.45) is 0 Å². The zero-order chi connectivity index (χ0) is 12.7. The maximum absolute atomic E-state index is 11.7. The number of hydrogen-bond donors (Lipinski definition) is 2. The van der Waals surface area contributed by atoms with Gasteiger partial charge in [-0.05, 0) is 12.1 Å². The highest BCUT2D eigenvalue weighted by molar-refractivity contribution is 5.94. The first kappa shape index (κ1) is 13.4. The Balaban J connectivity index is 2.52. The molecular weight excluding hydrogens is 224 g/mol. The molecule has 6 heteroatoms. The van der Waals surface area contributed by atoms with Crippen molar-refractivity contribution < 1.29 is 19.4 Å². The number of nitrogens with zero attached hydrogens (tertiary/aromatic N) is 1. The Morgan fingerprint density at radius 2 is 2.35 bits per heavy atom. The summed E-state index contributed by atoms with van der Waals surface area (Å²) in [5.74, 6) is -0.591. The van der Waals surface area contributed by atoms with Gasteiger partial charge in [-0.15, -0.1) is 0 Å². The Morgan fingerprint density at radius 3 is 2.94 bits per heavy atom. The van der Waals surface area contributed by atoms with Crippen LogP contribution in [0, 0.1) is 0 Å². The Labute approximate surface area is 99.6 Å². The van der Waals surface area contributed by atoms with Gasteiger partial charge < -0.3 is 19.9 Å². The number of methoxy groups -OCH3 is 2. The summed E-state index contributed by atoms with van der Waals surface area (Å²) in [6.45, 7) is 0.671. The van der Waals surface area contributed by atoms with Crippen molar-refractivity contribution in [3.8, 4) is 5.75 Å². The van der Waals surface area contributed by atoms with Crippen LogP contribution in [-0.2, 0) is 9.47 Å². The van der Waals surface area contributed by atoms with Gasteiger partial charge in [0.2, 0.25) is 0 Å². The van der Waals surface area contributed by atoms with E-state index in [9.17, 15) is 9.90 Å². The summed E-state index contributed by atoms with van der Waals surface area (Å²) in [4.78, 5) is 15.5. The topological polar surface area (TPSA) is 80.7 Å². The molecule has 1 aromatic rings. The van der Waals surface area contributed by atoms with Gasteiger partial charge in [-0.3, -0.25) is 4.79 Å². The van der Waals surface area contributed by atoms with Gasteiger partial charge in [0.25, 0.3) is 5.91 Å². The summed E-state index contributed by atoms with van der Waals surface area (Å²) in [5, 5.41) is 12.0. The lowest BCUT2D eigenvalue weighted by Crippen LogP contribution is -2.35. The van der Waals surface area contributed by atoms with Gasteiger partial charge in [0.1, 0.15) is 5.75 Å². The quantitative estimate of drug-likeness (QED) is 0.741. The zero-order valence-electron chi connectivity index (χ0n) is 9.84. The van der Waals surface area contributed by atoms with Crippen LogP contribution in [0.25, 0.3) is 0 Å². The van der Waals surface area contributed by atoms with Crippen molar-refractivity contribution in [2.45, 2.75) is 6.10 Å². The second-order valence-electron chi connectivity index (χ2n) is 3.39. The van der Waals surface area contributed by atoms with Gasteiger partial charge in [-0.2, -0.15) is 0 Å². The van der Waals surface area contributed by atoms with Crippen LogP contribution >= 0.6 is 0 Å². The molecule has 1 heterocycles. The van der Waals surface area contributed by atoms with Crippen LogP contribution in [0.1, 0.15) is 10.5 Å². The van der Waals surface area contributed by atoms with E-state index in [0.717, 1.165) is 0 Å². The average molecular weight is 240 g/mol. The second-order valence-corrected chi connectivity index (χ2v) is 3.39. The third kappa shape index (κ3) is 4.01. The molecule has 2 N–H and O–H groups in total. The normalized spacial score (nSPS) is 12.1. The first-order chi connectivity index (χ1) is 8.19. The Bertz CT molecular complexity index is 370. The molecule has 0 spiro atoms. The van der Waals surface area contributed by atoms with Crippen molar-refractivity contribution in [2.75, 3.05) is 27.4 Å². The molecule has 1 atom stereocenters. The lowest BCUT2D eigenvalue weighted by molar-refractivity contribution is 0.0284. The summed E-state index contributed by atoms with van der Waals surface area (Å²) >= 11 is 0. The maximum atomic E-state index is 11.7. The predicted molar refractivity (Wildman–Crippen MR) is 60.9 cm³/mol. The molecule has 0 aliphatic carbocycles. The number of carbonyl (C=O) groups excluding carboxylic acids is 1. The molecule has 1 unspecified atom stereocenters. The molecule has 6 nitrogen and oxygen atoms in total. The van der Waals surface area contributed by atoms with Crippen LogP contribution in [0.15, 0.2) is 18.3 Å². The number of amides is 1. The van der Waals surface area contributed by atoms with Crippen molar-refractivity contribution in [1.82, 2.24) is 10.3 Å². The molecule has 0 bridgehead atoms. The average Bonchev–Trinajstić information content (AvgIpc) is 2.34. The SMILES string of the molecule is COCC(CNC(=O)c1ncccc1O)OC. The Kier molecular flexibility index (Phi) is 5.38. The Morgan fingerprint density at radius 1 is 1.59 bits per heavy atom. The third-order valence-electron chi connectivity index (χ3n) is 2.18. The number of rotatable bonds is 6. The van der Waals surface area contributed by atoms with Crippen molar-refractivity contribution >= 4 is 5.91 Å². The molecule has 0 saturated carbocycles. The molecule has 0 radical (unpaired) electrons. The minimum Gasteiger partial charge on any atom is -0.505 e. The molecule has 0 saturated heterocycles. The third-order valence-corrected chi connectivity index (χ3v) is 2.18. The summed E-state index contributed by atoms with van der Waals surface area (Å²) in [6, 6.07) is 2.96. The van der Waals surface area contributed by atoms with Crippen LogP contribution in [0.5, 0.6) is 5.75 Å². The standard InChI is InChI=1S/C11H16N2O4/c1-16-7-8(17-2)6-13-11(15)10-9(14)4-3-5-12-10/h3-5,8,14H,6-7H2,1-2H3,(H,13,15). The van der Waals surface area contributed by atoms with E-state index in [1.807, 2.05) is 0 Å². The highest BCUT2D eigenvalue weighted by Crippen LogP contribution is 2.11. The minimum absolute atomic E-state index is 0.000213. The van der Waals surface area contributed by atoms with E-state index in [4.69, 9.17) is 9.47 Å². The predicted octanol–water partition coefficient (Wildman–Crippen LogP) is 0.178. The summed E-state index contributed by atoms with van der Waals surface area (Å²) in [5.41, 5.74) is -0.000213. The van der Waals surface area contributed by atoms with Gasteiger partial charge in [0.05, 0.1) is 12.7 Å². The van der Waals surface area contributed by atoms with Gasteiger partial charge in [0, 0.05) is 27.0 Å². The largest absolute Gasteiger partial charge is 0.505 e. The van der Waals surface area contributed by atoms with E-state index >= 15 is 0 Å². The van der Waals surface area contributed by atoms with Crippen LogP contribution in [0.3, 0.4) is 0 Å². The molecular formula is C11H16N2O4. The second kappa shape index (κ2) is 6.82. The number of carbonyl (C=O) groups is 1. The minimum atomic E-state index is -0.443. The van der Waals surface area contributed by atoms with Crippen molar-refractivity contribution in [3.63, 3.8) is 0 Å². The summed E-state index contributed by atoms with van der Waals surface area (Å²) < 4.78 is 10.00. The smallest absolute Gasteiger partial charge is 0.273 e. The van der Waals surface area contributed by atoms with E-state index in [0.29, 0.717) is 13.2 Å². The number of pyridine rings is 1. The van der Waals surface area contributed by atoms with Gasteiger partial charge in [-0.25, -0.2) is 4.98 Å². The number of aromatic nitrogens is 1. The molecule has 1 aromatic heterocycles. The highest BCUT2D eigenvalue weighted by Gasteiger charge is 2.14. The van der Waals surface area contributed by atoms with Gasteiger partial charge in [0.15, 0.2) is 5.69 Å². The van der Waals surface area contributed by atoms with Crippen LogP contribution < -0.4 is 5.32 Å². The number of ether oxygens (including phenoxy) is 2. The van der Waals surface area contributed by atoms with Gasteiger partial charge >= 0.3 is 0 Å². The lowest BCUT2D eigenvalue weighted by Gasteiger charge is -2.14. The Hall–Kier alpha value is -1.66. The summed E-state index contributed by atoms with van der Waals surface area (Å²) in [7, 11) is 3.09. The first-order valence-corrected chi connectivity index (χ1v) is 5.13. The molecule has 1 amide bonds. The molecule has 1 rings (SSSR count). The van der Waals surface area contributed by atoms with E-state index in [2.05, 4.69) is 10.3 Å².